The second kappa shape index (κ2) is 6.31. The lowest BCUT2D eigenvalue weighted by atomic mass is 10.1. The lowest BCUT2D eigenvalue weighted by molar-refractivity contribution is -0.136. The van der Waals surface area contributed by atoms with Gasteiger partial charge < -0.3 is 15.5 Å². The average Bonchev–Trinajstić information content (AvgIpc) is 2.66. The van der Waals surface area contributed by atoms with Crippen LogP contribution in [0.15, 0.2) is 6.20 Å². The first-order chi connectivity index (χ1) is 8.06. The first-order valence-electron chi connectivity index (χ1n) is 5.15. The highest BCUT2D eigenvalue weighted by atomic mass is 32.1. The van der Waals surface area contributed by atoms with Gasteiger partial charge in [-0.05, 0) is 6.42 Å². The maximum Gasteiger partial charge on any atom is 0.308 e. The van der Waals surface area contributed by atoms with Crippen LogP contribution in [0, 0.1) is 5.92 Å². The largest absolute Gasteiger partial charge is 0.481 e. The maximum absolute atomic E-state index is 11.6. The number of aromatic nitrogens is 1. The quantitative estimate of drug-likeness (QED) is 0.698. The maximum atomic E-state index is 11.6. The number of aliphatic hydroxyl groups is 1. The number of carbonyl (C=O) groups excluding carboxylic acids is 1. The van der Waals surface area contributed by atoms with Gasteiger partial charge in [0.15, 0.2) is 5.13 Å². The third kappa shape index (κ3) is 4.12. The predicted octanol–water partition coefficient (Wildman–Crippen LogP) is 0.727. The van der Waals surface area contributed by atoms with Crippen LogP contribution >= 0.6 is 11.3 Å². The second-order valence-electron chi connectivity index (χ2n) is 3.48. The van der Waals surface area contributed by atoms with Crippen molar-refractivity contribution in [3.8, 4) is 0 Å². The molecule has 1 unspecified atom stereocenters. The molecule has 1 atom stereocenters. The highest BCUT2D eigenvalue weighted by molar-refractivity contribution is 7.15. The summed E-state index contributed by atoms with van der Waals surface area (Å²) < 4.78 is 0. The van der Waals surface area contributed by atoms with E-state index in [1.54, 1.807) is 6.92 Å². The number of nitrogens with zero attached hydrogens (tertiary/aromatic N) is 1. The summed E-state index contributed by atoms with van der Waals surface area (Å²) in [7, 11) is 0. The Morgan fingerprint density at radius 3 is 2.82 bits per heavy atom. The molecule has 1 heterocycles. The molecule has 0 radical (unpaired) electrons. The van der Waals surface area contributed by atoms with Crippen molar-refractivity contribution < 1.29 is 19.8 Å². The Balaban J connectivity index is 2.59. The van der Waals surface area contributed by atoms with E-state index in [4.69, 9.17) is 10.2 Å². The van der Waals surface area contributed by atoms with E-state index in [9.17, 15) is 9.59 Å². The van der Waals surface area contributed by atoms with Crippen LogP contribution in [0.3, 0.4) is 0 Å². The summed E-state index contributed by atoms with van der Waals surface area (Å²) in [4.78, 5) is 26.5. The van der Waals surface area contributed by atoms with Crippen LogP contribution in [0.5, 0.6) is 0 Å². The van der Waals surface area contributed by atoms with Crippen LogP contribution in [-0.2, 0) is 16.0 Å². The van der Waals surface area contributed by atoms with E-state index in [1.165, 1.54) is 6.20 Å². The average molecular weight is 258 g/mol. The third-order valence-electron chi connectivity index (χ3n) is 2.19. The summed E-state index contributed by atoms with van der Waals surface area (Å²) in [6.45, 7) is 1.59. The molecule has 0 fully saturated rings. The smallest absolute Gasteiger partial charge is 0.308 e. The van der Waals surface area contributed by atoms with Gasteiger partial charge in [0.2, 0.25) is 5.91 Å². The van der Waals surface area contributed by atoms with Crippen LogP contribution in [-0.4, -0.2) is 33.7 Å². The van der Waals surface area contributed by atoms with Gasteiger partial charge in [-0.15, -0.1) is 11.3 Å². The van der Waals surface area contributed by atoms with E-state index in [0.717, 1.165) is 11.3 Å². The minimum atomic E-state index is -0.937. The van der Waals surface area contributed by atoms with Crippen molar-refractivity contribution >= 4 is 28.3 Å². The molecule has 6 nitrogen and oxygen atoms in total. The van der Waals surface area contributed by atoms with Crippen LogP contribution < -0.4 is 5.32 Å². The predicted molar refractivity (Wildman–Crippen MR) is 63.0 cm³/mol. The number of aliphatic carboxylic acids is 1. The number of anilines is 1. The van der Waals surface area contributed by atoms with Crippen molar-refractivity contribution in [2.45, 2.75) is 19.8 Å². The molecule has 7 heteroatoms. The zero-order valence-electron chi connectivity index (χ0n) is 9.34. The number of amides is 1. The van der Waals surface area contributed by atoms with Crippen molar-refractivity contribution in [1.29, 1.82) is 0 Å². The normalized spacial score (nSPS) is 12.1. The summed E-state index contributed by atoms with van der Waals surface area (Å²) in [5.74, 6) is -1.69. The molecule has 0 aliphatic carbocycles. The second-order valence-corrected chi connectivity index (χ2v) is 4.59. The Morgan fingerprint density at radius 2 is 2.29 bits per heavy atom. The molecule has 0 saturated heterocycles. The van der Waals surface area contributed by atoms with Gasteiger partial charge in [0, 0.05) is 11.1 Å². The number of hydrogen-bond acceptors (Lipinski definition) is 5. The Morgan fingerprint density at radius 1 is 1.59 bits per heavy atom. The molecule has 0 aliphatic rings. The van der Waals surface area contributed by atoms with Crippen molar-refractivity contribution in [3.05, 3.63) is 11.1 Å². The molecule has 94 valence electrons. The molecule has 17 heavy (non-hydrogen) atoms. The van der Waals surface area contributed by atoms with Crippen molar-refractivity contribution in [3.63, 3.8) is 0 Å². The molecule has 0 aliphatic heterocycles. The number of carboxylic acids is 1. The summed E-state index contributed by atoms with van der Waals surface area (Å²) >= 11 is 1.12. The van der Waals surface area contributed by atoms with Gasteiger partial charge >= 0.3 is 5.97 Å². The molecule has 1 aromatic rings. The van der Waals surface area contributed by atoms with Gasteiger partial charge in [-0.2, -0.15) is 0 Å². The summed E-state index contributed by atoms with van der Waals surface area (Å²) in [5, 5.41) is 20.4. The molecule has 0 aromatic carbocycles. The fourth-order valence-electron chi connectivity index (χ4n) is 1.20. The molecule has 0 bridgehead atoms. The van der Waals surface area contributed by atoms with E-state index in [0.29, 0.717) is 16.4 Å². The SMILES string of the molecule is CCC(CO)C(=O)Nc1ncc(CC(=O)O)s1. The van der Waals surface area contributed by atoms with Gasteiger partial charge in [0.25, 0.3) is 0 Å². The molecule has 3 N–H and O–H groups in total. The fraction of sp³-hybridized carbons (Fsp3) is 0.500. The lowest BCUT2D eigenvalue weighted by Crippen LogP contribution is -2.24. The topological polar surface area (TPSA) is 99.5 Å². The van der Waals surface area contributed by atoms with Gasteiger partial charge in [-0.25, -0.2) is 4.98 Å². The van der Waals surface area contributed by atoms with Gasteiger partial charge in [0.05, 0.1) is 18.9 Å². The standard InChI is InChI=1S/C10H14N2O4S/c1-2-6(5-13)9(16)12-10-11-4-7(17-10)3-8(14)15/h4,6,13H,2-3,5H2,1H3,(H,14,15)(H,11,12,16). The van der Waals surface area contributed by atoms with Crippen LogP contribution in [0.1, 0.15) is 18.2 Å². The number of thiazole rings is 1. The van der Waals surface area contributed by atoms with Gasteiger partial charge in [-0.1, -0.05) is 6.92 Å². The number of hydrogen-bond donors (Lipinski definition) is 3. The molecular weight excluding hydrogens is 244 g/mol. The Bertz CT molecular complexity index is 401. The number of rotatable bonds is 6. The van der Waals surface area contributed by atoms with E-state index in [-0.39, 0.29) is 18.9 Å². The number of carbonyl (C=O) groups is 2. The van der Waals surface area contributed by atoms with E-state index < -0.39 is 11.9 Å². The van der Waals surface area contributed by atoms with Crippen molar-refractivity contribution in [2.75, 3.05) is 11.9 Å². The minimum absolute atomic E-state index is 0.106. The third-order valence-corrected chi connectivity index (χ3v) is 3.11. The fourth-order valence-corrected chi connectivity index (χ4v) is 2.01. The first kappa shape index (κ1) is 13.6. The summed E-state index contributed by atoms with van der Waals surface area (Å²) in [6.07, 6.45) is 1.86. The van der Waals surface area contributed by atoms with Crippen LogP contribution in [0.2, 0.25) is 0 Å². The Labute approximate surface area is 102 Å². The van der Waals surface area contributed by atoms with Crippen LogP contribution in [0.25, 0.3) is 0 Å². The number of nitrogens with one attached hydrogen (secondary N) is 1. The molecule has 1 aromatic heterocycles. The zero-order chi connectivity index (χ0) is 12.8. The van der Waals surface area contributed by atoms with Crippen molar-refractivity contribution in [2.24, 2.45) is 5.92 Å². The minimum Gasteiger partial charge on any atom is -0.481 e. The van der Waals surface area contributed by atoms with E-state index in [1.807, 2.05) is 0 Å². The Hall–Kier alpha value is -1.47. The number of carboxylic acid groups (broad SMARTS) is 1. The molecule has 1 rings (SSSR count). The molecule has 0 saturated carbocycles. The highest BCUT2D eigenvalue weighted by Gasteiger charge is 2.16. The summed E-state index contributed by atoms with van der Waals surface area (Å²) in [5.41, 5.74) is 0. The van der Waals surface area contributed by atoms with Crippen molar-refractivity contribution in [1.82, 2.24) is 4.98 Å². The molecule has 1 amide bonds. The number of aliphatic hydroxyl groups excluding tert-OH is 1. The van der Waals surface area contributed by atoms with Gasteiger partial charge in [-0.3, -0.25) is 9.59 Å². The zero-order valence-corrected chi connectivity index (χ0v) is 10.2. The monoisotopic (exact) mass is 258 g/mol. The molecule has 0 spiro atoms. The highest BCUT2D eigenvalue weighted by Crippen LogP contribution is 2.19. The Kier molecular flexibility index (Phi) is 5.05. The summed E-state index contributed by atoms with van der Waals surface area (Å²) in [6, 6.07) is 0. The van der Waals surface area contributed by atoms with E-state index in [2.05, 4.69) is 10.3 Å². The molecular formula is C10H14N2O4S. The van der Waals surface area contributed by atoms with Crippen LogP contribution in [0.4, 0.5) is 5.13 Å². The van der Waals surface area contributed by atoms with Gasteiger partial charge in [0.1, 0.15) is 0 Å². The van der Waals surface area contributed by atoms with E-state index >= 15 is 0 Å². The first-order valence-corrected chi connectivity index (χ1v) is 5.96. The lowest BCUT2D eigenvalue weighted by Gasteiger charge is -2.09.